The Morgan fingerprint density at radius 1 is 0.949 bits per heavy atom. The number of aryl methyl sites for hydroxylation is 1. The number of anilines is 1. The molecule has 6 rings (SSSR count). The zero-order valence-corrected chi connectivity index (χ0v) is 24.1. The molecule has 6 nitrogen and oxygen atoms in total. The summed E-state index contributed by atoms with van der Waals surface area (Å²) in [4.78, 5) is 7.56. The van der Waals surface area contributed by atoms with Crippen LogP contribution in [-0.4, -0.2) is 58.8 Å². The molecule has 4 heterocycles. The Hall–Kier alpha value is -2.73. The van der Waals surface area contributed by atoms with Gasteiger partial charge in [-0.05, 0) is 87.1 Å². The van der Waals surface area contributed by atoms with E-state index in [0.717, 1.165) is 42.1 Å². The molecule has 0 unspecified atom stereocenters. The van der Waals surface area contributed by atoms with Crippen molar-refractivity contribution in [1.82, 2.24) is 24.9 Å². The highest BCUT2D eigenvalue weighted by atomic mass is 15.4. The molecule has 1 aromatic heterocycles. The molecule has 1 N–H and O–H groups in total. The average Bonchev–Trinajstić information content (AvgIpc) is 3.29. The van der Waals surface area contributed by atoms with Crippen LogP contribution in [0.25, 0.3) is 10.9 Å². The van der Waals surface area contributed by atoms with E-state index in [1.807, 2.05) is 4.68 Å². The van der Waals surface area contributed by atoms with E-state index in [1.165, 1.54) is 113 Å². The van der Waals surface area contributed by atoms with Crippen molar-refractivity contribution in [1.29, 1.82) is 0 Å². The number of piperidine rings is 2. The first-order chi connectivity index (χ1) is 19.0. The lowest BCUT2D eigenvalue weighted by molar-refractivity contribution is 0.134. The summed E-state index contributed by atoms with van der Waals surface area (Å²) in [7, 11) is 2.06. The van der Waals surface area contributed by atoms with Gasteiger partial charge in [-0.3, -0.25) is 4.68 Å². The maximum Gasteiger partial charge on any atom is 0.164 e. The van der Waals surface area contributed by atoms with Crippen molar-refractivity contribution in [3.05, 3.63) is 60.7 Å². The SMILES string of the molecule is C=C1CCN(c2nn(C)c3cc(C4CCN(CC5CCN(C(=C)C6CCCCC6)CC5)CC4)ccc23)C(=C)N1. The van der Waals surface area contributed by atoms with Gasteiger partial charge in [-0.2, -0.15) is 5.10 Å². The van der Waals surface area contributed by atoms with Crippen molar-refractivity contribution in [2.45, 2.75) is 70.1 Å². The Morgan fingerprint density at radius 3 is 2.41 bits per heavy atom. The molecule has 3 aliphatic heterocycles. The summed E-state index contributed by atoms with van der Waals surface area (Å²) in [5.41, 5.74) is 5.16. The van der Waals surface area contributed by atoms with E-state index in [1.54, 1.807) is 0 Å². The maximum absolute atomic E-state index is 4.89. The van der Waals surface area contributed by atoms with Crippen molar-refractivity contribution in [3.63, 3.8) is 0 Å². The molecule has 39 heavy (non-hydrogen) atoms. The standard InChI is InChI=1S/C33H48N6/c1-24-12-21-39(26(3)34-24)33-31-11-10-30(22-32(31)36(4)35-33)29-15-17-37(18-16-29)23-27-13-19-38(20-14-27)25(2)28-8-6-5-7-9-28/h10-11,22,27-29,34H,1-3,5-9,12-21,23H2,4H3. The van der Waals surface area contributed by atoms with Crippen LogP contribution in [0.4, 0.5) is 5.82 Å². The lowest BCUT2D eigenvalue weighted by Crippen LogP contribution is -2.41. The highest BCUT2D eigenvalue weighted by molar-refractivity contribution is 5.92. The monoisotopic (exact) mass is 528 g/mol. The molecule has 0 bridgehead atoms. The molecule has 6 heteroatoms. The van der Waals surface area contributed by atoms with Crippen LogP contribution in [0.3, 0.4) is 0 Å². The second kappa shape index (κ2) is 11.4. The fourth-order valence-corrected chi connectivity index (χ4v) is 7.57. The Balaban J connectivity index is 1.01. The average molecular weight is 529 g/mol. The second-order valence-corrected chi connectivity index (χ2v) is 12.6. The van der Waals surface area contributed by atoms with Crippen LogP contribution >= 0.6 is 0 Å². The number of benzene rings is 1. The summed E-state index contributed by atoms with van der Waals surface area (Å²) < 4.78 is 2.04. The quantitative estimate of drug-likeness (QED) is 0.474. The van der Waals surface area contributed by atoms with E-state index < -0.39 is 0 Å². The largest absolute Gasteiger partial charge is 0.375 e. The van der Waals surface area contributed by atoms with Gasteiger partial charge in [-0.25, -0.2) is 0 Å². The lowest BCUT2D eigenvalue weighted by Gasteiger charge is -2.41. The van der Waals surface area contributed by atoms with E-state index in [2.05, 4.69) is 65.0 Å². The third-order valence-corrected chi connectivity index (χ3v) is 10.1. The smallest absolute Gasteiger partial charge is 0.164 e. The number of rotatable bonds is 6. The minimum atomic E-state index is 0.639. The summed E-state index contributed by atoms with van der Waals surface area (Å²) >= 11 is 0. The van der Waals surface area contributed by atoms with Crippen LogP contribution < -0.4 is 10.2 Å². The van der Waals surface area contributed by atoms with E-state index in [9.17, 15) is 0 Å². The zero-order valence-electron chi connectivity index (χ0n) is 24.1. The highest BCUT2D eigenvalue weighted by Gasteiger charge is 2.28. The van der Waals surface area contributed by atoms with Crippen LogP contribution in [0.15, 0.2) is 55.2 Å². The highest BCUT2D eigenvalue weighted by Crippen LogP contribution is 2.36. The van der Waals surface area contributed by atoms with Crippen molar-refractivity contribution in [2.75, 3.05) is 44.2 Å². The van der Waals surface area contributed by atoms with Gasteiger partial charge in [0, 0.05) is 56.4 Å². The number of nitrogens with zero attached hydrogens (tertiary/aromatic N) is 5. The molecule has 0 radical (unpaired) electrons. The molecule has 0 spiro atoms. The van der Waals surface area contributed by atoms with Crippen molar-refractivity contribution >= 4 is 16.7 Å². The van der Waals surface area contributed by atoms with Crippen LogP contribution in [0.2, 0.25) is 0 Å². The van der Waals surface area contributed by atoms with E-state index in [0.29, 0.717) is 5.92 Å². The van der Waals surface area contributed by atoms with Crippen molar-refractivity contribution < 1.29 is 0 Å². The lowest BCUT2D eigenvalue weighted by atomic mass is 9.85. The third-order valence-electron chi connectivity index (χ3n) is 10.1. The molecule has 1 aromatic carbocycles. The molecule has 210 valence electrons. The van der Waals surface area contributed by atoms with Gasteiger partial charge in [0.15, 0.2) is 5.82 Å². The first kappa shape index (κ1) is 26.5. The summed E-state index contributed by atoms with van der Waals surface area (Å²) in [5, 5.41) is 9.39. The Morgan fingerprint density at radius 2 is 1.69 bits per heavy atom. The Kier molecular flexibility index (Phi) is 7.75. The van der Waals surface area contributed by atoms with Gasteiger partial charge in [0.2, 0.25) is 0 Å². The van der Waals surface area contributed by atoms with Crippen LogP contribution in [0, 0.1) is 11.8 Å². The molecule has 1 aliphatic carbocycles. The van der Waals surface area contributed by atoms with Crippen molar-refractivity contribution in [2.24, 2.45) is 18.9 Å². The first-order valence-corrected chi connectivity index (χ1v) is 15.5. The minimum absolute atomic E-state index is 0.639. The fraction of sp³-hybridized carbons (Fsp3) is 0.606. The molecule has 1 saturated carbocycles. The van der Waals surface area contributed by atoms with Gasteiger partial charge in [0.1, 0.15) is 5.82 Å². The summed E-state index contributed by atoms with van der Waals surface area (Å²) in [6.45, 7) is 19.8. The predicted molar refractivity (Wildman–Crippen MR) is 163 cm³/mol. The fourth-order valence-electron chi connectivity index (χ4n) is 7.57. The van der Waals surface area contributed by atoms with Crippen LogP contribution in [0.1, 0.15) is 75.7 Å². The molecule has 2 aromatic rings. The normalized spacial score (nSPS) is 23.0. The number of likely N-dealkylation sites (tertiary alicyclic amines) is 2. The number of allylic oxidation sites excluding steroid dienone is 1. The molecule has 0 atom stereocenters. The van der Waals surface area contributed by atoms with Gasteiger partial charge in [0.05, 0.1) is 5.52 Å². The first-order valence-electron chi connectivity index (χ1n) is 15.5. The number of fused-ring (bicyclic) bond motifs is 1. The topological polar surface area (TPSA) is 39.6 Å². The molecular weight excluding hydrogens is 480 g/mol. The predicted octanol–water partition coefficient (Wildman–Crippen LogP) is 6.34. The molecule has 4 fully saturated rings. The number of aromatic nitrogens is 2. The third kappa shape index (κ3) is 5.63. The minimum Gasteiger partial charge on any atom is -0.375 e. The van der Waals surface area contributed by atoms with Gasteiger partial charge in [-0.15, -0.1) is 0 Å². The summed E-state index contributed by atoms with van der Waals surface area (Å²) in [6.07, 6.45) is 13.0. The maximum atomic E-state index is 4.89. The molecule has 4 aliphatic rings. The van der Waals surface area contributed by atoms with Gasteiger partial charge >= 0.3 is 0 Å². The second-order valence-electron chi connectivity index (χ2n) is 12.6. The molecular formula is C33H48N6. The van der Waals surface area contributed by atoms with Gasteiger partial charge < -0.3 is 20.0 Å². The van der Waals surface area contributed by atoms with Gasteiger partial charge in [-0.1, -0.05) is 45.1 Å². The molecule has 3 saturated heterocycles. The summed E-state index contributed by atoms with van der Waals surface area (Å²) in [5.74, 6) is 4.10. The number of hydrogen-bond donors (Lipinski definition) is 1. The van der Waals surface area contributed by atoms with Crippen LogP contribution in [0.5, 0.6) is 0 Å². The Bertz CT molecular complexity index is 1200. The summed E-state index contributed by atoms with van der Waals surface area (Å²) in [6, 6.07) is 7.02. The van der Waals surface area contributed by atoms with E-state index in [4.69, 9.17) is 5.10 Å². The molecule has 0 amide bonds. The number of nitrogens with one attached hydrogen (secondary N) is 1. The van der Waals surface area contributed by atoms with Crippen molar-refractivity contribution in [3.8, 4) is 0 Å². The zero-order chi connectivity index (χ0) is 26.9. The van der Waals surface area contributed by atoms with Crippen LogP contribution in [-0.2, 0) is 7.05 Å². The van der Waals surface area contributed by atoms with E-state index >= 15 is 0 Å². The number of hydrogen-bond acceptors (Lipinski definition) is 5. The van der Waals surface area contributed by atoms with E-state index in [-0.39, 0.29) is 0 Å². The Labute approximate surface area is 235 Å². The van der Waals surface area contributed by atoms with Gasteiger partial charge in [0.25, 0.3) is 0 Å².